The predicted molar refractivity (Wildman–Crippen MR) is 96.9 cm³/mol. The van der Waals surface area contributed by atoms with Crippen molar-refractivity contribution in [2.24, 2.45) is 0 Å². The van der Waals surface area contributed by atoms with Crippen LogP contribution in [0.15, 0.2) is 53.2 Å². The van der Waals surface area contributed by atoms with Gasteiger partial charge in [0.15, 0.2) is 0 Å². The summed E-state index contributed by atoms with van der Waals surface area (Å²) in [5.41, 5.74) is -1.26. The van der Waals surface area contributed by atoms with Gasteiger partial charge in [0, 0.05) is 15.7 Å². The number of halogens is 6. The molecule has 0 unspecified atom stereocenters. The smallest absolute Gasteiger partial charge is 0.350 e. The zero-order chi connectivity index (χ0) is 19.9. The number of nitrogens with one attached hydrogen (secondary N) is 1. The van der Waals surface area contributed by atoms with Crippen molar-refractivity contribution < 1.29 is 22.8 Å². The number of rotatable bonds is 3. The molecule has 10 heteroatoms. The van der Waals surface area contributed by atoms with E-state index >= 15 is 0 Å². The molecule has 1 aliphatic rings. The van der Waals surface area contributed by atoms with Crippen LogP contribution >= 0.6 is 34.8 Å². The number of hydrogen-bond acceptors (Lipinski definition) is 3. The molecule has 0 saturated heterocycles. The molecule has 0 aromatic heterocycles. The van der Waals surface area contributed by atoms with E-state index in [4.69, 9.17) is 34.8 Å². The SMILES string of the molecule is O=C1C(Cl)=C(Nc2cc(Cl)cc(Cl)c2)C(=O)N1c1cccc(C(F)(F)F)c1. The summed E-state index contributed by atoms with van der Waals surface area (Å²) in [6.07, 6.45) is -4.63. The third-order valence-corrected chi connectivity index (χ3v) is 4.38. The summed E-state index contributed by atoms with van der Waals surface area (Å²) in [5.74, 6) is -1.85. The maximum absolute atomic E-state index is 12.9. The highest BCUT2D eigenvalue weighted by Crippen LogP contribution is 2.35. The van der Waals surface area contributed by atoms with Gasteiger partial charge in [-0.1, -0.05) is 40.9 Å². The minimum atomic E-state index is -4.63. The largest absolute Gasteiger partial charge is 0.416 e. The van der Waals surface area contributed by atoms with Gasteiger partial charge in [-0.25, -0.2) is 4.90 Å². The average Bonchev–Trinajstić information content (AvgIpc) is 2.77. The van der Waals surface area contributed by atoms with E-state index in [1.54, 1.807) is 0 Å². The number of alkyl halides is 3. The maximum atomic E-state index is 12.9. The first-order valence-electron chi connectivity index (χ1n) is 7.27. The first kappa shape index (κ1) is 19.5. The Kier molecular flexibility index (Phi) is 5.12. The van der Waals surface area contributed by atoms with Crippen molar-refractivity contribution >= 4 is 58.0 Å². The second kappa shape index (κ2) is 7.07. The molecule has 1 N–H and O–H groups in total. The number of hydrogen-bond donors (Lipinski definition) is 1. The molecule has 0 spiro atoms. The average molecular weight is 436 g/mol. The third kappa shape index (κ3) is 3.90. The van der Waals surface area contributed by atoms with Crippen LogP contribution in [0.5, 0.6) is 0 Å². The quantitative estimate of drug-likeness (QED) is 0.653. The van der Waals surface area contributed by atoms with Crippen LogP contribution in [0, 0.1) is 0 Å². The van der Waals surface area contributed by atoms with E-state index in [2.05, 4.69) is 5.32 Å². The van der Waals surface area contributed by atoms with Crippen molar-refractivity contribution in [2.75, 3.05) is 10.2 Å². The van der Waals surface area contributed by atoms with Gasteiger partial charge >= 0.3 is 6.18 Å². The lowest BCUT2D eigenvalue weighted by atomic mass is 10.2. The predicted octanol–water partition coefficient (Wildman–Crippen LogP) is 5.45. The van der Waals surface area contributed by atoms with E-state index in [0.717, 1.165) is 12.1 Å². The Morgan fingerprint density at radius 1 is 0.889 bits per heavy atom. The van der Waals surface area contributed by atoms with Crippen LogP contribution in [-0.4, -0.2) is 11.8 Å². The highest BCUT2D eigenvalue weighted by atomic mass is 35.5. The number of imide groups is 1. The van der Waals surface area contributed by atoms with Crippen molar-refractivity contribution in [1.29, 1.82) is 0 Å². The fourth-order valence-electron chi connectivity index (χ4n) is 2.44. The van der Waals surface area contributed by atoms with Gasteiger partial charge in [-0.05, 0) is 36.4 Å². The Hall–Kier alpha value is -2.22. The molecule has 1 aliphatic heterocycles. The van der Waals surface area contributed by atoms with Crippen molar-refractivity contribution in [2.45, 2.75) is 6.18 Å². The van der Waals surface area contributed by atoms with Crippen LogP contribution in [0.1, 0.15) is 5.56 Å². The van der Waals surface area contributed by atoms with Gasteiger partial charge in [0.25, 0.3) is 11.8 Å². The minimum Gasteiger partial charge on any atom is -0.350 e. The normalized spacial score (nSPS) is 15.0. The van der Waals surface area contributed by atoms with Crippen LogP contribution in [0.25, 0.3) is 0 Å². The molecule has 0 atom stereocenters. The number of anilines is 2. The molecule has 0 bridgehead atoms. The summed E-state index contributed by atoms with van der Waals surface area (Å²) in [6, 6.07) is 8.16. The van der Waals surface area contributed by atoms with Crippen molar-refractivity contribution in [3.05, 3.63) is 68.8 Å². The Morgan fingerprint density at radius 3 is 2.11 bits per heavy atom. The molecule has 0 aliphatic carbocycles. The molecule has 0 saturated carbocycles. The van der Waals surface area contributed by atoms with Gasteiger partial charge in [0.1, 0.15) is 10.7 Å². The molecular formula is C17H8Cl3F3N2O2. The second-order valence-electron chi connectivity index (χ2n) is 5.47. The van der Waals surface area contributed by atoms with E-state index in [9.17, 15) is 22.8 Å². The maximum Gasteiger partial charge on any atom is 0.416 e. The topological polar surface area (TPSA) is 49.4 Å². The van der Waals surface area contributed by atoms with E-state index in [0.29, 0.717) is 11.0 Å². The second-order valence-corrected chi connectivity index (χ2v) is 6.72. The Labute approximate surface area is 166 Å². The van der Waals surface area contributed by atoms with E-state index in [1.807, 2.05) is 0 Å². The molecule has 0 fully saturated rings. The monoisotopic (exact) mass is 434 g/mol. The van der Waals surface area contributed by atoms with Crippen LogP contribution in [0.2, 0.25) is 10.0 Å². The zero-order valence-corrected chi connectivity index (χ0v) is 15.3. The fraction of sp³-hybridized carbons (Fsp3) is 0.0588. The van der Waals surface area contributed by atoms with E-state index in [1.165, 1.54) is 24.3 Å². The number of benzene rings is 2. The van der Waals surface area contributed by atoms with Gasteiger partial charge in [-0.3, -0.25) is 9.59 Å². The number of carbonyl (C=O) groups excluding carboxylic acids is 2. The van der Waals surface area contributed by atoms with Gasteiger partial charge in [0.05, 0.1) is 11.3 Å². The van der Waals surface area contributed by atoms with Gasteiger partial charge in [-0.2, -0.15) is 13.2 Å². The molecular weight excluding hydrogens is 428 g/mol. The summed E-state index contributed by atoms with van der Waals surface area (Å²) in [6.45, 7) is 0. The standard InChI is InChI=1S/C17H8Cl3F3N2O2/c18-9-5-10(19)7-11(6-9)24-14-13(20)15(26)25(16(14)27)12-3-1-2-8(4-12)17(21,22)23/h1-7,24H. The fourth-order valence-corrected chi connectivity index (χ4v) is 3.18. The summed E-state index contributed by atoms with van der Waals surface area (Å²) in [7, 11) is 0. The lowest BCUT2D eigenvalue weighted by Gasteiger charge is -2.17. The van der Waals surface area contributed by atoms with Crippen LogP contribution in [-0.2, 0) is 15.8 Å². The van der Waals surface area contributed by atoms with Crippen molar-refractivity contribution in [3.63, 3.8) is 0 Å². The summed E-state index contributed by atoms with van der Waals surface area (Å²) in [5, 5.41) is 2.72. The Balaban J connectivity index is 1.95. The molecule has 140 valence electrons. The molecule has 0 radical (unpaired) electrons. The summed E-state index contributed by atoms with van der Waals surface area (Å²) >= 11 is 17.7. The Bertz CT molecular complexity index is 969. The van der Waals surface area contributed by atoms with E-state index < -0.39 is 28.6 Å². The van der Waals surface area contributed by atoms with Gasteiger partial charge < -0.3 is 5.32 Å². The number of nitrogens with zero attached hydrogens (tertiary/aromatic N) is 1. The van der Waals surface area contributed by atoms with Crippen molar-refractivity contribution in [1.82, 2.24) is 0 Å². The molecule has 27 heavy (non-hydrogen) atoms. The molecule has 1 heterocycles. The highest BCUT2D eigenvalue weighted by Gasteiger charge is 2.40. The van der Waals surface area contributed by atoms with Gasteiger partial charge in [-0.15, -0.1) is 0 Å². The van der Waals surface area contributed by atoms with E-state index in [-0.39, 0.29) is 27.1 Å². The lowest BCUT2D eigenvalue weighted by Crippen LogP contribution is -2.32. The molecule has 4 nitrogen and oxygen atoms in total. The first-order chi connectivity index (χ1) is 12.6. The van der Waals surface area contributed by atoms with Crippen LogP contribution < -0.4 is 10.2 Å². The van der Waals surface area contributed by atoms with Crippen molar-refractivity contribution in [3.8, 4) is 0 Å². The zero-order valence-electron chi connectivity index (χ0n) is 13.1. The molecule has 2 amide bonds. The molecule has 2 aromatic carbocycles. The van der Waals surface area contributed by atoms with Gasteiger partial charge in [0.2, 0.25) is 0 Å². The van der Waals surface area contributed by atoms with Crippen LogP contribution in [0.3, 0.4) is 0 Å². The van der Waals surface area contributed by atoms with Crippen LogP contribution in [0.4, 0.5) is 24.5 Å². The molecule has 3 rings (SSSR count). The highest BCUT2D eigenvalue weighted by molar-refractivity contribution is 6.53. The lowest BCUT2D eigenvalue weighted by molar-refractivity contribution is -0.137. The number of amides is 2. The summed E-state index contributed by atoms with van der Waals surface area (Å²) in [4.78, 5) is 25.5. The minimum absolute atomic E-state index is 0.251. The third-order valence-electron chi connectivity index (χ3n) is 3.59. The summed E-state index contributed by atoms with van der Waals surface area (Å²) < 4.78 is 38.7. The Morgan fingerprint density at radius 2 is 1.52 bits per heavy atom. The molecule has 2 aromatic rings. The first-order valence-corrected chi connectivity index (χ1v) is 8.40. The number of carbonyl (C=O) groups is 2.